The maximum atomic E-state index is 11.0. The molecule has 61 heavy (non-hydrogen) atoms. The highest BCUT2D eigenvalue weighted by molar-refractivity contribution is 6.37. The molecular weight excluding hydrogens is 944 g/mol. The summed E-state index contributed by atoms with van der Waals surface area (Å²) in [6.07, 6.45) is 3.99. The number of benzene rings is 4. The Kier molecular flexibility index (Phi) is 16.9. The number of nitrogen functional groups attached to an aromatic ring is 1. The second-order valence-electron chi connectivity index (χ2n) is 12.8. The fourth-order valence-electron chi connectivity index (χ4n) is 5.50. The van der Waals surface area contributed by atoms with E-state index in [9.17, 15) is 15.0 Å². The van der Waals surface area contributed by atoms with Crippen LogP contribution in [0.3, 0.4) is 0 Å². The highest BCUT2D eigenvalue weighted by Gasteiger charge is 2.24. The second kappa shape index (κ2) is 21.8. The van der Waals surface area contributed by atoms with E-state index in [1.54, 1.807) is 80.8 Å². The van der Waals surface area contributed by atoms with Gasteiger partial charge >= 0.3 is 0 Å². The largest absolute Gasteiger partial charge is 0.506 e. The summed E-state index contributed by atoms with van der Waals surface area (Å²) >= 11 is 47.6. The quantitative estimate of drug-likeness (QED) is 0.124. The van der Waals surface area contributed by atoms with Crippen molar-refractivity contribution in [2.75, 3.05) is 11.1 Å². The summed E-state index contributed by atoms with van der Waals surface area (Å²) in [6.45, 7) is 3.56. The Bertz CT molecular complexity index is 2790. The van der Waals surface area contributed by atoms with Crippen LogP contribution < -0.4 is 11.1 Å². The fourth-order valence-corrected chi connectivity index (χ4v) is 7.24. The SMILES string of the molecule is Cc1nc(N)c(Cl)cc1Cl.Cc1nc(NC(c2ccc(Cl)cc2Cl)c2ccc3cccnc3c2O)c(Cl)cc1Cl.O=Cc1ccc(Cl)cc1Cl.Oc1cccc2cccnc12. The highest BCUT2D eigenvalue weighted by atomic mass is 35.5. The number of para-hydroxylation sites is 1. The van der Waals surface area contributed by atoms with Gasteiger partial charge in [0.05, 0.1) is 42.5 Å². The maximum Gasteiger partial charge on any atom is 0.151 e. The van der Waals surface area contributed by atoms with Gasteiger partial charge in [-0.05, 0) is 80.1 Å². The van der Waals surface area contributed by atoms with E-state index in [1.807, 2.05) is 42.5 Å². The van der Waals surface area contributed by atoms with E-state index in [0.29, 0.717) is 97.2 Å². The van der Waals surface area contributed by atoms with Crippen LogP contribution in [0.5, 0.6) is 11.5 Å². The first kappa shape index (κ1) is 47.2. The van der Waals surface area contributed by atoms with Crippen LogP contribution in [-0.4, -0.2) is 36.4 Å². The number of carbonyl (C=O) groups excluding carboxylic acids is 1. The van der Waals surface area contributed by atoms with E-state index in [0.717, 1.165) is 10.8 Å². The third kappa shape index (κ3) is 12.4. The first-order valence-corrected chi connectivity index (χ1v) is 20.7. The van der Waals surface area contributed by atoms with Gasteiger partial charge in [-0.25, -0.2) is 9.97 Å². The lowest BCUT2D eigenvalue weighted by Crippen LogP contribution is -2.15. The summed E-state index contributed by atoms with van der Waals surface area (Å²) in [5.74, 6) is 1.01. The van der Waals surface area contributed by atoms with Gasteiger partial charge in [-0.1, -0.05) is 135 Å². The predicted molar refractivity (Wildman–Crippen MR) is 253 cm³/mol. The molecule has 8 aromatic rings. The van der Waals surface area contributed by atoms with Crippen LogP contribution in [0.2, 0.25) is 40.2 Å². The van der Waals surface area contributed by atoms with Gasteiger partial charge in [-0.2, -0.15) is 0 Å². The van der Waals surface area contributed by atoms with E-state index in [4.69, 9.17) is 98.5 Å². The van der Waals surface area contributed by atoms with Crippen molar-refractivity contribution in [3.63, 3.8) is 0 Å². The molecule has 0 fully saturated rings. The van der Waals surface area contributed by atoms with Gasteiger partial charge in [0, 0.05) is 49.4 Å². The Morgan fingerprint density at radius 2 is 1.15 bits per heavy atom. The van der Waals surface area contributed by atoms with Crippen molar-refractivity contribution >= 4 is 133 Å². The van der Waals surface area contributed by atoms with Crippen LogP contribution in [-0.2, 0) is 0 Å². The molecule has 1 atom stereocenters. The molecule has 0 radical (unpaired) electrons. The Labute approximate surface area is 391 Å². The van der Waals surface area contributed by atoms with Crippen molar-refractivity contribution in [3.05, 3.63) is 184 Å². The second-order valence-corrected chi connectivity index (χ2v) is 16.1. The van der Waals surface area contributed by atoms with E-state index < -0.39 is 6.04 Å². The average molecular weight is 976 g/mol. The lowest BCUT2D eigenvalue weighted by molar-refractivity contribution is 0.112. The first-order chi connectivity index (χ1) is 29.1. The number of nitrogens with one attached hydrogen (secondary N) is 1. The number of hydrogen-bond acceptors (Lipinski definition) is 9. The number of aromatic hydroxyl groups is 2. The van der Waals surface area contributed by atoms with E-state index >= 15 is 0 Å². The van der Waals surface area contributed by atoms with Gasteiger partial charge in [0.25, 0.3) is 0 Å². The van der Waals surface area contributed by atoms with Gasteiger partial charge < -0.3 is 21.3 Å². The molecule has 0 bridgehead atoms. The number of rotatable bonds is 5. The Morgan fingerprint density at radius 3 is 1.75 bits per heavy atom. The van der Waals surface area contributed by atoms with Crippen LogP contribution in [0.1, 0.15) is 38.9 Å². The molecule has 9 nitrogen and oxygen atoms in total. The Morgan fingerprint density at radius 1 is 0.590 bits per heavy atom. The maximum absolute atomic E-state index is 11.0. The van der Waals surface area contributed by atoms with E-state index in [2.05, 4.69) is 25.3 Å². The van der Waals surface area contributed by atoms with Gasteiger partial charge in [0.2, 0.25) is 0 Å². The molecule has 1 unspecified atom stereocenters. The molecular formula is C44H32Cl8N6O3. The minimum absolute atomic E-state index is 0.0402. The zero-order valence-corrected chi connectivity index (χ0v) is 37.9. The van der Waals surface area contributed by atoms with Gasteiger partial charge in [0.15, 0.2) is 6.29 Å². The number of fused-ring (bicyclic) bond motifs is 2. The average Bonchev–Trinajstić information content (AvgIpc) is 3.23. The standard InChI is InChI=1S/C22H15Cl4N3O.C9H7NO.C7H4Cl2O.C6H6Cl2N2/c1-11-16(24)10-18(26)22(28-11)29-20(14-7-5-13(23)9-17(14)25)15-6-4-12-3-2-8-27-19(12)21(15)30;11-8-5-1-3-7-4-2-6-10-9(7)8;8-6-2-1-5(4-10)7(9)3-6;1-3-4(7)2-5(8)6(9)10-3/h2-10,20,30H,1H3,(H,28,29);1-6,11H;1-4H;2H,1H3,(H2,9,10). The lowest BCUT2D eigenvalue weighted by Gasteiger charge is -2.24. The zero-order chi connectivity index (χ0) is 44.4. The molecule has 0 spiro atoms. The zero-order valence-electron chi connectivity index (χ0n) is 31.8. The molecule has 0 aliphatic heterocycles. The molecule has 5 N–H and O–H groups in total. The third-order valence-corrected chi connectivity index (χ3v) is 11.1. The number of anilines is 2. The van der Waals surface area contributed by atoms with E-state index in [-0.39, 0.29) is 11.5 Å². The molecule has 0 aliphatic carbocycles. The smallest absolute Gasteiger partial charge is 0.151 e. The summed E-state index contributed by atoms with van der Waals surface area (Å²) < 4.78 is 0. The summed E-state index contributed by atoms with van der Waals surface area (Å²) in [5, 5.41) is 29.0. The van der Waals surface area contributed by atoms with Crippen molar-refractivity contribution in [3.8, 4) is 11.5 Å². The molecule has 0 aliphatic rings. The molecule has 0 saturated carbocycles. The van der Waals surface area contributed by atoms with Crippen molar-refractivity contribution in [1.29, 1.82) is 0 Å². The normalized spacial score (nSPS) is 11.0. The number of pyridine rings is 4. The minimum atomic E-state index is -0.577. The monoisotopic (exact) mass is 972 g/mol. The summed E-state index contributed by atoms with van der Waals surface area (Å²) in [7, 11) is 0. The van der Waals surface area contributed by atoms with Gasteiger partial charge in [-0.15, -0.1) is 0 Å². The number of halogens is 8. The highest BCUT2D eigenvalue weighted by Crippen LogP contribution is 2.40. The first-order valence-electron chi connectivity index (χ1n) is 17.7. The Balaban J connectivity index is 0.000000184. The topological polar surface area (TPSA) is 147 Å². The van der Waals surface area contributed by atoms with Crippen LogP contribution >= 0.6 is 92.8 Å². The number of aryl methyl sites for hydroxylation is 2. The number of nitrogens with zero attached hydrogens (tertiary/aromatic N) is 4. The molecule has 4 aromatic heterocycles. The van der Waals surface area contributed by atoms with Crippen molar-refractivity contribution < 1.29 is 15.0 Å². The number of hydrogen-bond donors (Lipinski definition) is 4. The molecule has 0 amide bonds. The molecule has 4 aromatic carbocycles. The van der Waals surface area contributed by atoms with Crippen molar-refractivity contribution in [1.82, 2.24) is 19.9 Å². The summed E-state index contributed by atoms with van der Waals surface area (Å²) in [6, 6.07) is 29.1. The number of aromatic nitrogens is 4. The summed E-state index contributed by atoms with van der Waals surface area (Å²) in [5.41, 5.74) is 9.57. The van der Waals surface area contributed by atoms with Crippen molar-refractivity contribution in [2.45, 2.75) is 19.9 Å². The number of phenolic OH excluding ortho intramolecular Hbond substituents is 2. The van der Waals surface area contributed by atoms with Crippen LogP contribution in [0.25, 0.3) is 21.8 Å². The van der Waals surface area contributed by atoms with Crippen LogP contribution in [0.4, 0.5) is 11.6 Å². The van der Waals surface area contributed by atoms with E-state index in [1.165, 1.54) is 6.07 Å². The number of carbonyl (C=O) groups is 1. The fraction of sp³-hybridized carbons (Fsp3) is 0.0682. The van der Waals surface area contributed by atoms with Crippen molar-refractivity contribution in [2.24, 2.45) is 0 Å². The van der Waals surface area contributed by atoms with Gasteiger partial charge in [0.1, 0.15) is 34.2 Å². The van der Waals surface area contributed by atoms with Gasteiger partial charge in [-0.3, -0.25) is 14.8 Å². The minimum Gasteiger partial charge on any atom is -0.506 e. The molecule has 0 saturated heterocycles. The lowest BCUT2D eigenvalue weighted by atomic mass is 9.96. The van der Waals surface area contributed by atoms with Crippen LogP contribution in [0.15, 0.2) is 116 Å². The molecule has 8 rings (SSSR count). The number of phenols is 2. The summed E-state index contributed by atoms with van der Waals surface area (Å²) in [4.78, 5) is 26.9. The number of nitrogens with two attached hydrogens (primary N) is 1. The number of aldehydes is 1. The van der Waals surface area contributed by atoms with Crippen LogP contribution in [0, 0.1) is 13.8 Å². The molecule has 312 valence electrons. The predicted octanol–water partition coefficient (Wildman–Crippen LogP) is 14.5. The third-order valence-electron chi connectivity index (χ3n) is 8.58. The molecule has 4 heterocycles. The Hall–Kier alpha value is -4.81. The molecule has 17 heteroatoms.